The van der Waals surface area contributed by atoms with Crippen molar-refractivity contribution in [2.45, 2.75) is 48.8 Å². The molecule has 0 bridgehead atoms. The summed E-state index contributed by atoms with van der Waals surface area (Å²) < 4.78 is 14.5. The van der Waals surface area contributed by atoms with Crippen molar-refractivity contribution in [1.29, 1.82) is 0 Å². The lowest BCUT2D eigenvalue weighted by molar-refractivity contribution is 0.0888. The minimum absolute atomic E-state index is 0.00424. The number of halogens is 1. The zero-order valence-corrected chi connectivity index (χ0v) is 14.2. The van der Waals surface area contributed by atoms with E-state index in [1.165, 1.54) is 17.8 Å². The van der Waals surface area contributed by atoms with Gasteiger partial charge in [-0.2, -0.15) is 0 Å². The third-order valence-electron chi connectivity index (χ3n) is 4.41. The van der Waals surface area contributed by atoms with E-state index >= 15 is 0 Å². The van der Waals surface area contributed by atoms with Gasteiger partial charge >= 0.3 is 0 Å². The molecule has 1 atom stereocenters. The molecule has 1 unspecified atom stereocenters. The standard InChI is InChI=1S/C20H21FOS/c1-2-3-7-14-10-11-15-12-17(13-18(21)19(15)20(14)22)23-16-8-5-4-6-9-16/h4-6,8-9,12-14H,2-3,7,10-11H2,1H3. The molecular formula is C20H21FOS. The molecule has 0 fully saturated rings. The molecule has 1 nitrogen and oxygen atoms in total. The lowest BCUT2D eigenvalue weighted by atomic mass is 9.80. The maximum atomic E-state index is 14.5. The largest absolute Gasteiger partial charge is 0.294 e. The fourth-order valence-electron chi connectivity index (χ4n) is 3.18. The molecule has 2 aromatic carbocycles. The molecule has 0 heterocycles. The van der Waals surface area contributed by atoms with E-state index < -0.39 is 0 Å². The summed E-state index contributed by atoms with van der Waals surface area (Å²) in [6.07, 6.45) is 4.65. The molecule has 3 rings (SSSR count). The number of unbranched alkanes of at least 4 members (excludes halogenated alkanes) is 1. The SMILES string of the molecule is CCCCC1CCc2cc(Sc3ccccc3)cc(F)c2C1=O. The monoisotopic (exact) mass is 328 g/mol. The highest BCUT2D eigenvalue weighted by atomic mass is 32.2. The topological polar surface area (TPSA) is 17.1 Å². The number of hydrogen-bond acceptors (Lipinski definition) is 2. The molecule has 0 amide bonds. The number of fused-ring (bicyclic) bond motifs is 1. The second-order valence-electron chi connectivity index (χ2n) is 6.10. The van der Waals surface area contributed by atoms with Crippen LogP contribution in [-0.4, -0.2) is 5.78 Å². The van der Waals surface area contributed by atoms with Gasteiger partial charge in [-0.25, -0.2) is 4.39 Å². The van der Waals surface area contributed by atoms with Crippen molar-refractivity contribution < 1.29 is 9.18 Å². The number of carbonyl (C=O) groups excluding carboxylic acids is 1. The van der Waals surface area contributed by atoms with Gasteiger partial charge in [0.15, 0.2) is 5.78 Å². The predicted molar refractivity (Wildman–Crippen MR) is 92.6 cm³/mol. The van der Waals surface area contributed by atoms with Gasteiger partial charge in [0.1, 0.15) is 5.82 Å². The maximum absolute atomic E-state index is 14.5. The lowest BCUT2D eigenvalue weighted by Crippen LogP contribution is -2.24. The molecule has 0 radical (unpaired) electrons. The maximum Gasteiger partial charge on any atom is 0.169 e. The molecule has 0 aliphatic heterocycles. The molecule has 1 aliphatic rings. The minimum atomic E-state index is -0.355. The first-order valence-corrected chi connectivity index (χ1v) is 9.10. The summed E-state index contributed by atoms with van der Waals surface area (Å²) in [7, 11) is 0. The molecule has 120 valence electrons. The third-order valence-corrected chi connectivity index (χ3v) is 5.39. The van der Waals surface area contributed by atoms with Gasteiger partial charge in [-0.05, 0) is 49.1 Å². The van der Waals surface area contributed by atoms with Crippen molar-refractivity contribution in [2.75, 3.05) is 0 Å². The fourth-order valence-corrected chi connectivity index (χ4v) is 4.11. The van der Waals surface area contributed by atoms with Crippen LogP contribution in [0.5, 0.6) is 0 Å². The molecule has 1 aliphatic carbocycles. The van der Waals surface area contributed by atoms with Crippen LogP contribution in [0.2, 0.25) is 0 Å². The lowest BCUT2D eigenvalue weighted by Gasteiger charge is -2.24. The normalized spacial score (nSPS) is 17.1. The molecule has 0 saturated heterocycles. The summed E-state index contributed by atoms with van der Waals surface area (Å²) in [5, 5.41) is 0. The van der Waals surface area contributed by atoms with E-state index in [2.05, 4.69) is 6.92 Å². The van der Waals surface area contributed by atoms with Gasteiger partial charge in [0.2, 0.25) is 0 Å². The quantitative estimate of drug-likeness (QED) is 0.678. The van der Waals surface area contributed by atoms with Crippen LogP contribution in [0.1, 0.15) is 48.5 Å². The molecular weight excluding hydrogens is 307 g/mol. The van der Waals surface area contributed by atoms with Crippen molar-refractivity contribution in [3.8, 4) is 0 Å². The van der Waals surface area contributed by atoms with E-state index in [-0.39, 0.29) is 17.5 Å². The van der Waals surface area contributed by atoms with Gasteiger partial charge in [-0.3, -0.25) is 4.79 Å². The smallest absolute Gasteiger partial charge is 0.169 e. The van der Waals surface area contributed by atoms with Gasteiger partial charge in [-0.15, -0.1) is 0 Å². The Morgan fingerprint density at radius 2 is 1.96 bits per heavy atom. The summed E-state index contributed by atoms with van der Waals surface area (Å²) in [6, 6.07) is 13.4. The molecule has 0 aromatic heterocycles. The average molecular weight is 328 g/mol. The summed E-state index contributed by atoms with van der Waals surface area (Å²) in [4.78, 5) is 14.5. The first-order chi connectivity index (χ1) is 11.2. The Balaban J connectivity index is 1.84. The van der Waals surface area contributed by atoms with E-state index in [0.29, 0.717) is 5.56 Å². The van der Waals surface area contributed by atoms with Crippen LogP contribution in [0, 0.1) is 11.7 Å². The van der Waals surface area contributed by atoms with Crippen LogP contribution in [0.4, 0.5) is 4.39 Å². The zero-order chi connectivity index (χ0) is 16.2. The van der Waals surface area contributed by atoms with Crippen LogP contribution in [0.15, 0.2) is 52.3 Å². The number of benzene rings is 2. The van der Waals surface area contributed by atoms with Gasteiger partial charge in [0.25, 0.3) is 0 Å². The highest BCUT2D eigenvalue weighted by Crippen LogP contribution is 2.35. The highest BCUT2D eigenvalue weighted by Gasteiger charge is 2.30. The van der Waals surface area contributed by atoms with Crippen molar-refractivity contribution in [1.82, 2.24) is 0 Å². The van der Waals surface area contributed by atoms with Crippen LogP contribution >= 0.6 is 11.8 Å². The van der Waals surface area contributed by atoms with E-state index in [1.807, 2.05) is 36.4 Å². The van der Waals surface area contributed by atoms with Crippen LogP contribution < -0.4 is 0 Å². The Hall–Kier alpha value is -1.61. The van der Waals surface area contributed by atoms with Crippen LogP contribution in [0.25, 0.3) is 0 Å². The summed E-state index contributed by atoms with van der Waals surface area (Å²) in [6.45, 7) is 2.12. The number of ketones is 1. The summed E-state index contributed by atoms with van der Waals surface area (Å²) >= 11 is 1.54. The predicted octanol–water partition coefficient (Wildman–Crippen LogP) is 5.91. The summed E-state index contributed by atoms with van der Waals surface area (Å²) in [5.41, 5.74) is 1.22. The van der Waals surface area contributed by atoms with E-state index in [0.717, 1.165) is 47.5 Å². The molecule has 0 N–H and O–H groups in total. The Morgan fingerprint density at radius 1 is 1.17 bits per heavy atom. The molecule has 23 heavy (non-hydrogen) atoms. The average Bonchev–Trinajstić information content (AvgIpc) is 2.55. The van der Waals surface area contributed by atoms with Crippen molar-refractivity contribution in [3.05, 3.63) is 59.4 Å². The first kappa shape index (κ1) is 16.3. The number of aryl methyl sites for hydroxylation is 1. The highest BCUT2D eigenvalue weighted by molar-refractivity contribution is 7.99. The molecule has 0 spiro atoms. The first-order valence-electron chi connectivity index (χ1n) is 8.28. The van der Waals surface area contributed by atoms with Crippen LogP contribution in [0.3, 0.4) is 0 Å². The van der Waals surface area contributed by atoms with Gasteiger partial charge in [0, 0.05) is 15.7 Å². The Bertz CT molecular complexity index is 696. The Labute approximate surface area is 141 Å². The van der Waals surface area contributed by atoms with Crippen molar-refractivity contribution in [3.63, 3.8) is 0 Å². The van der Waals surface area contributed by atoms with Gasteiger partial charge in [0.05, 0.1) is 5.56 Å². The Morgan fingerprint density at radius 3 is 2.70 bits per heavy atom. The second-order valence-corrected chi connectivity index (χ2v) is 7.24. The molecule has 2 aromatic rings. The minimum Gasteiger partial charge on any atom is -0.294 e. The molecule has 3 heteroatoms. The number of Topliss-reactive ketones (excluding diaryl/α,β-unsaturated/α-hetero) is 1. The third kappa shape index (κ3) is 3.66. The van der Waals surface area contributed by atoms with E-state index in [9.17, 15) is 9.18 Å². The summed E-state index contributed by atoms with van der Waals surface area (Å²) in [5.74, 6) is -0.342. The van der Waals surface area contributed by atoms with E-state index in [4.69, 9.17) is 0 Å². The Kier molecular flexibility index (Phi) is 5.16. The number of rotatable bonds is 5. The fraction of sp³-hybridized carbons (Fsp3) is 0.350. The molecule has 0 saturated carbocycles. The van der Waals surface area contributed by atoms with Gasteiger partial charge in [-0.1, -0.05) is 49.7 Å². The number of hydrogen-bond donors (Lipinski definition) is 0. The number of carbonyl (C=O) groups is 1. The van der Waals surface area contributed by atoms with E-state index in [1.54, 1.807) is 0 Å². The van der Waals surface area contributed by atoms with Crippen molar-refractivity contribution >= 4 is 17.5 Å². The van der Waals surface area contributed by atoms with Gasteiger partial charge < -0.3 is 0 Å². The zero-order valence-electron chi connectivity index (χ0n) is 13.3. The second kappa shape index (κ2) is 7.31. The van der Waals surface area contributed by atoms with Crippen LogP contribution in [-0.2, 0) is 6.42 Å². The van der Waals surface area contributed by atoms with Crippen molar-refractivity contribution in [2.24, 2.45) is 5.92 Å².